The van der Waals surface area contributed by atoms with Gasteiger partial charge in [-0.2, -0.15) is 10.4 Å². The van der Waals surface area contributed by atoms with Gasteiger partial charge in [-0.3, -0.25) is 4.79 Å². The third-order valence-corrected chi connectivity index (χ3v) is 2.97. The first-order valence-corrected chi connectivity index (χ1v) is 5.56. The summed E-state index contributed by atoms with van der Waals surface area (Å²) in [6.07, 6.45) is 0.406. The number of nitriles is 1. The largest absolute Gasteiger partial charge is 0.273 e. The normalized spacial score (nSPS) is 19.2. The van der Waals surface area contributed by atoms with E-state index in [1.807, 2.05) is 13.0 Å². The Kier molecular flexibility index (Phi) is 3.12. The summed E-state index contributed by atoms with van der Waals surface area (Å²) >= 11 is 5.86. The van der Waals surface area contributed by atoms with Crippen LogP contribution in [0.15, 0.2) is 23.3 Å². The third-order valence-electron chi connectivity index (χ3n) is 2.64. The lowest BCUT2D eigenvalue weighted by molar-refractivity contribution is -0.121. The summed E-state index contributed by atoms with van der Waals surface area (Å²) in [7, 11) is 0. The van der Waals surface area contributed by atoms with Crippen LogP contribution in [0.2, 0.25) is 5.02 Å². The summed E-state index contributed by atoms with van der Waals surface area (Å²) in [4.78, 5) is 11.1. The van der Waals surface area contributed by atoms with Gasteiger partial charge in [0.1, 0.15) is 6.07 Å². The van der Waals surface area contributed by atoms with E-state index in [4.69, 9.17) is 16.9 Å². The molecule has 0 saturated heterocycles. The van der Waals surface area contributed by atoms with Gasteiger partial charge < -0.3 is 0 Å². The van der Waals surface area contributed by atoms with Crippen molar-refractivity contribution in [2.45, 2.75) is 13.3 Å². The molecule has 0 saturated carbocycles. The van der Waals surface area contributed by atoms with Crippen LogP contribution < -0.4 is 5.43 Å². The highest BCUT2D eigenvalue weighted by atomic mass is 35.5. The van der Waals surface area contributed by atoms with Gasteiger partial charge in [-0.1, -0.05) is 24.6 Å². The topological polar surface area (TPSA) is 65.2 Å². The number of amides is 1. The smallest absolute Gasteiger partial charge is 0.240 e. The molecule has 1 aliphatic heterocycles. The summed E-state index contributed by atoms with van der Waals surface area (Å²) in [5.41, 5.74) is 4.45. The van der Waals surface area contributed by atoms with E-state index in [2.05, 4.69) is 10.5 Å². The van der Waals surface area contributed by atoms with Gasteiger partial charge >= 0.3 is 0 Å². The number of carbonyl (C=O) groups is 1. The molecule has 1 amide bonds. The van der Waals surface area contributed by atoms with E-state index in [0.717, 1.165) is 11.3 Å². The van der Waals surface area contributed by atoms with Crippen LogP contribution in [0.3, 0.4) is 0 Å². The van der Waals surface area contributed by atoms with Crippen LogP contribution in [0.25, 0.3) is 0 Å². The van der Waals surface area contributed by atoms with Gasteiger partial charge in [-0.25, -0.2) is 5.43 Å². The quantitative estimate of drug-likeness (QED) is 0.826. The van der Waals surface area contributed by atoms with E-state index in [9.17, 15) is 4.79 Å². The summed E-state index contributed by atoms with van der Waals surface area (Å²) < 4.78 is 0. The molecular weight excluding hydrogens is 238 g/mol. The maximum absolute atomic E-state index is 11.1. The molecule has 1 N–H and O–H groups in total. The molecule has 1 aromatic rings. The SMILES string of the molecule is CC1CC(=O)NN=C1c1ccc(Cl)c(C#N)c1. The first-order chi connectivity index (χ1) is 8.11. The van der Waals surface area contributed by atoms with E-state index >= 15 is 0 Å². The molecule has 1 aliphatic rings. The lowest BCUT2D eigenvalue weighted by Gasteiger charge is -2.19. The zero-order valence-electron chi connectivity index (χ0n) is 9.20. The van der Waals surface area contributed by atoms with Gasteiger partial charge in [0.15, 0.2) is 0 Å². The van der Waals surface area contributed by atoms with Crippen molar-refractivity contribution in [3.05, 3.63) is 34.3 Å². The van der Waals surface area contributed by atoms with Crippen LogP contribution in [-0.4, -0.2) is 11.6 Å². The summed E-state index contributed by atoms with van der Waals surface area (Å²) in [5, 5.41) is 13.4. The van der Waals surface area contributed by atoms with Crippen molar-refractivity contribution in [1.29, 1.82) is 5.26 Å². The molecule has 0 fully saturated rings. The number of hydrogen-bond acceptors (Lipinski definition) is 3. The van der Waals surface area contributed by atoms with Gasteiger partial charge in [0.05, 0.1) is 16.3 Å². The average Bonchev–Trinajstić information content (AvgIpc) is 2.30. The minimum atomic E-state index is -0.0873. The maximum atomic E-state index is 11.1. The van der Waals surface area contributed by atoms with Crippen molar-refractivity contribution < 1.29 is 4.79 Å². The molecule has 0 radical (unpaired) electrons. The van der Waals surface area contributed by atoms with Gasteiger partial charge in [0, 0.05) is 12.3 Å². The zero-order valence-corrected chi connectivity index (χ0v) is 9.95. The molecule has 17 heavy (non-hydrogen) atoms. The second kappa shape index (κ2) is 4.56. The number of carbonyl (C=O) groups excluding carboxylic acids is 1. The van der Waals surface area contributed by atoms with Crippen molar-refractivity contribution >= 4 is 23.2 Å². The van der Waals surface area contributed by atoms with Crippen LogP contribution >= 0.6 is 11.6 Å². The number of nitrogens with zero attached hydrogens (tertiary/aromatic N) is 2. The summed E-state index contributed by atoms with van der Waals surface area (Å²) in [6, 6.07) is 7.18. The molecule has 1 atom stereocenters. The van der Waals surface area contributed by atoms with Crippen LogP contribution in [-0.2, 0) is 4.79 Å². The predicted octanol–water partition coefficient (Wildman–Crippen LogP) is 2.07. The highest BCUT2D eigenvalue weighted by Gasteiger charge is 2.21. The first kappa shape index (κ1) is 11.6. The molecule has 0 bridgehead atoms. The lowest BCUT2D eigenvalue weighted by Crippen LogP contribution is -2.31. The average molecular weight is 248 g/mol. The van der Waals surface area contributed by atoms with Crippen LogP contribution in [0.4, 0.5) is 0 Å². The highest BCUT2D eigenvalue weighted by Crippen LogP contribution is 2.21. The minimum Gasteiger partial charge on any atom is -0.273 e. The molecule has 0 aromatic heterocycles. The van der Waals surface area contributed by atoms with E-state index in [1.54, 1.807) is 18.2 Å². The van der Waals surface area contributed by atoms with Crippen molar-refractivity contribution in [3.63, 3.8) is 0 Å². The number of benzene rings is 1. The summed E-state index contributed by atoms with van der Waals surface area (Å²) in [6.45, 7) is 1.93. The Morgan fingerprint density at radius 2 is 2.35 bits per heavy atom. The highest BCUT2D eigenvalue weighted by molar-refractivity contribution is 6.31. The van der Waals surface area contributed by atoms with Gasteiger partial charge in [0.2, 0.25) is 5.91 Å². The first-order valence-electron chi connectivity index (χ1n) is 5.18. The van der Waals surface area contributed by atoms with Gasteiger partial charge in [0.25, 0.3) is 0 Å². The zero-order chi connectivity index (χ0) is 12.4. The van der Waals surface area contributed by atoms with Crippen molar-refractivity contribution in [2.75, 3.05) is 0 Å². The van der Waals surface area contributed by atoms with Crippen LogP contribution in [0.5, 0.6) is 0 Å². The third kappa shape index (κ3) is 2.29. The Morgan fingerprint density at radius 1 is 1.59 bits per heavy atom. The van der Waals surface area contributed by atoms with E-state index in [0.29, 0.717) is 17.0 Å². The van der Waals surface area contributed by atoms with E-state index < -0.39 is 0 Å². The predicted molar refractivity (Wildman–Crippen MR) is 64.6 cm³/mol. The van der Waals surface area contributed by atoms with E-state index in [-0.39, 0.29) is 11.8 Å². The molecule has 5 heteroatoms. The Balaban J connectivity index is 2.41. The molecule has 4 nitrogen and oxygen atoms in total. The Labute approximate surface area is 104 Å². The second-order valence-electron chi connectivity index (χ2n) is 3.94. The van der Waals surface area contributed by atoms with Crippen LogP contribution in [0.1, 0.15) is 24.5 Å². The van der Waals surface area contributed by atoms with E-state index in [1.165, 1.54) is 0 Å². The maximum Gasteiger partial charge on any atom is 0.240 e. The molecule has 0 aliphatic carbocycles. The number of rotatable bonds is 1. The number of halogens is 1. The molecule has 86 valence electrons. The molecule has 1 heterocycles. The fourth-order valence-electron chi connectivity index (χ4n) is 1.77. The van der Waals surface area contributed by atoms with Crippen molar-refractivity contribution in [3.8, 4) is 6.07 Å². The van der Waals surface area contributed by atoms with Gasteiger partial charge in [-0.15, -0.1) is 0 Å². The van der Waals surface area contributed by atoms with Gasteiger partial charge in [-0.05, 0) is 17.7 Å². The fraction of sp³-hybridized carbons (Fsp3) is 0.250. The monoisotopic (exact) mass is 247 g/mol. The van der Waals surface area contributed by atoms with Crippen molar-refractivity contribution in [2.24, 2.45) is 11.0 Å². The Morgan fingerprint density at radius 3 is 3.00 bits per heavy atom. The fourth-order valence-corrected chi connectivity index (χ4v) is 1.93. The molecule has 1 unspecified atom stereocenters. The number of nitrogens with one attached hydrogen (secondary N) is 1. The summed E-state index contributed by atoms with van der Waals surface area (Å²) in [5.74, 6) is -0.0489. The van der Waals surface area contributed by atoms with Crippen molar-refractivity contribution in [1.82, 2.24) is 5.43 Å². The number of hydrazone groups is 1. The Hall–Kier alpha value is -1.86. The second-order valence-corrected chi connectivity index (χ2v) is 4.35. The van der Waals surface area contributed by atoms with Crippen LogP contribution in [0, 0.1) is 17.2 Å². The number of hydrogen-bond donors (Lipinski definition) is 1. The Bertz CT molecular complexity index is 545. The standard InChI is InChI=1S/C12H10ClN3O/c1-7-4-11(17)15-16-12(7)8-2-3-10(13)9(5-8)6-14/h2-3,5,7H,4H2,1H3,(H,15,17). The lowest BCUT2D eigenvalue weighted by atomic mass is 9.93. The molecule has 0 spiro atoms. The molecular formula is C12H10ClN3O. The molecule has 1 aromatic carbocycles. The molecule has 2 rings (SSSR count). The minimum absolute atomic E-state index is 0.0384.